The molecule has 0 aromatic carbocycles. The summed E-state index contributed by atoms with van der Waals surface area (Å²) in [6.07, 6.45) is 4.37. The van der Waals surface area contributed by atoms with Crippen molar-refractivity contribution in [1.29, 1.82) is 0 Å². The van der Waals surface area contributed by atoms with E-state index in [9.17, 15) is 5.11 Å². The number of anilines is 1. The second-order valence-corrected chi connectivity index (χ2v) is 8.30. The fourth-order valence-electron chi connectivity index (χ4n) is 4.60. The van der Waals surface area contributed by atoms with Crippen molar-refractivity contribution < 1.29 is 5.11 Å². The van der Waals surface area contributed by atoms with Crippen LogP contribution in [0.3, 0.4) is 0 Å². The van der Waals surface area contributed by atoms with Gasteiger partial charge < -0.3 is 10.0 Å². The number of aliphatic hydroxyl groups excluding tert-OH is 1. The lowest BCUT2D eigenvalue weighted by molar-refractivity contribution is 0.227. The molecule has 2 saturated heterocycles. The van der Waals surface area contributed by atoms with Gasteiger partial charge in [-0.25, -0.2) is 9.97 Å². The van der Waals surface area contributed by atoms with Crippen LogP contribution >= 0.6 is 0 Å². The van der Waals surface area contributed by atoms with E-state index in [2.05, 4.69) is 33.7 Å². The summed E-state index contributed by atoms with van der Waals surface area (Å²) in [5.74, 6) is 1.68. The fourth-order valence-corrected chi connectivity index (χ4v) is 4.60. The molecule has 0 amide bonds. The van der Waals surface area contributed by atoms with E-state index in [4.69, 9.17) is 9.97 Å². The summed E-state index contributed by atoms with van der Waals surface area (Å²) in [4.78, 5) is 21.1. The number of hydrogen-bond donors (Lipinski definition) is 1. The van der Waals surface area contributed by atoms with E-state index < -0.39 is 0 Å². The van der Waals surface area contributed by atoms with Gasteiger partial charge in [0, 0.05) is 50.0 Å². The minimum Gasteiger partial charge on any atom is -0.391 e. The standard InChI is InChI=1S/C22H32N6O/c1-16(20-8-4-5-9-23-20)26(3)14-21-19(15-29)22(25-17(2)24-21)28-12-11-27-10-6-7-18(27)13-28/h4-5,8-9,16,18,29H,6-7,10-15H2,1-3H3/t16-,18+/m0/s1. The van der Waals surface area contributed by atoms with Gasteiger partial charge in [-0.2, -0.15) is 0 Å². The third kappa shape index (κ3) is 4.27. The summed E-state index contributed by atoms with van der Waals surface area (Å²) in [5, 5.41) is 10.2. The van der Waals surface area contributed by atoms with Crippen molar-refractivity contribution in [3.05, 3.63) is 47.2 Å². The van der Waals surface area contributed by atoms with Crippen molar-refractivity contribution in [2.75, 3.05) is 38.1 Å². The fraction of sp³-hybridized carbons (Fsp3) is 0.591. The SMILES string of the molecule is Cc1nc(CN(C)[C@@H](C)c2ccccn2)c(CO)c(N2CCN3CCC[C@@H]3C2)n1. The Morgan fingerprint density at radius 1 is 1.24 bits per heavy atom. The zero-order valence-corrected chi connectivity index (χ0v) is 17.8. The maximum Gasteiger partial charge on any atom is 0.138 e. The molecule has 0 bridgehead atoms. The Hall–Kier alpha value is -2.09. The minimum absolute atomic E-state index is 0.0400. The average Bonchev–Trinajstić information content (AvgIpc) is 3.21. The van der Waals surface area contributed by atoms with Crippen LogP contribution in [0.25, 0.3) is 0 Å². The molecule has 7 heteroatoms. The number of aromatic nitrogens is 3. The normalized spacial score (nSPS) is 20.9. The first-order valence-electron chi connectivity index (χ1n) is 10.6. The monoisotopic (exact) mass is 396 g/mol. The van der Waals surface area contributed by atoms with Crippen molar-refractivity contribution >= 4 is 5.82 Å². The van der Waals surface area contributed by atoms with E-state index in [1.807, 2.05) is 31.3 Å². The van der Waals surface area contributed by atoms with Gasteiger partial charge in [0.25, 0.3) is 0 Å². The highest BCUT2D eigenvalue weighted by Gasteiger charge is 2.32. The molecule has 7 nitrogen and oxygen atoms in total. The van der Waals surface area contributed by atoms with E-state index in [1.165, 1.54) is 19.4 Å². The van der Waals surface area contributed by atoms with Crippen LogP contribution in [-0.2, 0) is 13.2 Å². The summed E-state index contributed by atoms with van der Waals surface area (Å²) in [7, 11) is 2.08. The number of aryl methyl sites for hydroxylation is 1. The zero-order chi connectivity index (χ0) is 20.4. The van der Waals surface area contributed by atoms with E-state index in [1.54, 1.807) is 0 Å². The Kier molecular flexibility index (Phi) is 6.08. The van der Waals surface area contributed by atoms with Crippen LogP contribution in [0.1, 0.15) is 48.6 Å². The Morgan fingerprint density at radius 2 is 2.10 bits per heavy atom. The van der Waals surface area contributed by atoms with Gasteiger partial charge in [0.2, 0.25) is 0 Å². The molecule has 0 radical (unpaired) electrons. The van der Waals surface area contributed by atoms with Gasteiger partial charge in [-0.05, 0) is 52.4 Å². The topological polar surface area (TPSA) is 68.6 Å². The molecule has 2 fully saturated rings. The molecular formula is C22H32N6O. The lowest BCUT2D eigenvalue weighted by Gasteiger charge is -2.39. The third-order valence-corrected chi connectivity index (χ3v) is 6.40. The molecule has 2 atom stereocenters. The Bertz CT molecular complexity index is 830. The third-order valence-electron chi connectivity index (χ3n) is 6.40. The lowest BCUT2D eigenvalue weighted by Crippen LogP contribution is -2.50. The van der Waals surface area contributed by atoms with Crippen molar-refractivity contribution in [3.8, 4) is 0 Å². The van der Waals surface area contributed by atoms with Crippen LogP contribution in [0.2, 0.25) is 0 Å². The summed E-state index contributed by atoms with van der Waals surface area (Å²) in [5.41, 5.74) is 2.81. The van der Waals surface area contributed by atoms with Crippen LogP contribution in [-0.4, -0.2) is 69.1 Å². The molecule has 0 saturated carbocycles. The predicted molar refractivity (Wildman–Crippen MR) is 114 cm³/mol. The largest absolute Gasteiger partial charge is 0.391 e. The number of aliphatic hydroxyl groups is 1. The quantitative estimate of drug-likeness (QED) is 0.802. The molecule has 4 heterocycles. The maximum atomic E-state index is 10.2. The molecule has 2 aliphatic heterocycles. The van der Waals surface area contributed by atoms with E-state index in [0.29, 0.717) is 12.6 Å². The van der Waals surface area contributed by atoms with Crippen LogP contribution in [0.5, 0.6) is 0 Å². The number of nitrogens with zero attached hydrogens (tertiary/aromatic N) is 6. The first kappa shape index (κ1) is 20.2. The van der Waals surface area contributed by atoms with Crippen LogP contribution < -0.4 is 4.90 Å². The number of piperazine rings is 1. The highest BCUT2D eigenvalue weighted by molar-refractivity contribution is 5.50. The highest BCUT2D eigenvalue weighted by Crippen LogP contribution is 2.29. The average molecular weight is 397 g/mol. The summed E-state index contributed by atoms with van der Waals surface area (Å²) in [6.45, 7) is 8.94. The number of rotatable bonds is 6. The van der Waals surface area contributed by atoms with Crippen LogP contribution in [0.4, 0.5) is 5.82 Å². The number of hydrogen-bond acceptors (Lipinski definition) is 7. The molecule has 1 N–H and O–H groups in total. The lowest BCUT2D eigenvalue weighted by atomic mass is 10.1. The van der Waals surface area contributed by atoms with Gasteiger partial charge >= 0.3 is 0 Å². The van der Waals surface area contributed by atoms with E-state index in [-0.39, 0.29) is 12.6 Å². The van der Waals surface area contributed by atoms with Gasteiger partial charge in [0.1, 0.15) is 11.6 Å². The van der Waals surface area contributed by atoms with Crippen molar-refractivity contribution in [2.24, 2.45) is 0 Å². The molecule has 0 aliphatic carbocycles. The van der Waals surface area contributed by atoms with Crippen molar-refractivity contribution in [3.63, 3.8) is 0 Å². The summed E-state index contributed by atoms with van der Waals surface area (Å²) in [6, 6.07) is 6.77. The summed E-state index contributed by atoms with van der Waals surface area (Å²) < 4.78 is 0. The maximum absolute atomic E-state index is 10.2. The molecule has 2 aromatic heterocycles. The second kappa shape index (κ2) is 8.73. The Labute approximate surface area is 173 Å². The second-order valence-electron chi connectivity index (χ2n) is 8.30. The smallest absolute Gasteiger partial charge is 0.138 e. The van der Waals surface area contributed by atoms with Crippen molar-refractivity contribution in [2.45, 2.75) is 51.9 Å². The van der Waals surface area contributed by atoms with Gasteiger partial charge in [0.05, 0.1) is 18.0 Å². The Balaban J connectivity index is 1.57. The van der Waals surface area contributed by atoms with Gasteiger partial charge in [-0.15, -0.1) is 0 Å². The van der Waals surface area contributed by atoms with Gasteiger partial charge in [-0.3, -0.25) is 14.8 Å². The van der Waals surface area contributed by atoms with Gasteiger partial charge in [0.15, 0.2) is 0 Å². The first-order chi connectivity index (χ1) is 14.1. The molecule has 0 spiro atoms. The molecule has 2 aliphatic rings. The Morgan fingerprint density at radius 3 is 2.86 bits per heavy atom. The van der Waals surface area contributed by atoms with Crippen molar-refractivity contribution in [1.82, 2.24) is 24.8 Å². The van der Waals surface area contributed by atoms with Crippen LogP contribution in [0.15, 0.2) is 24.4 Å². The minimum atomic E-state index is -0.0400. The zero-order valence-electron chi connectivity index (χ0n) is 17.8. The summed E-state index contributed by atoms with van der Waals surface area (Å²) >= 11 is 0. The molecule has 4 rings (SSSR count). The molecular weight excluding hydrogens is 364 g/mol. The molecule has 29 heavy (non-hydrogen) atoms. The van der Waals surface area contributed by atoms with Gasteiger partial charge in [-0.1, -0.05) is 6.07 Å². The molecule has 2 aromatic rings. The van der Waals surface area contributed by atoms with E-state index in [0.717, 1.165) is 48.2 Å². The number of pyridine rings is 1. The predicted octanol–water partition coefficient (Wildman–Crippen LogP) is 2.15. The molecule has 156 valence electrons. The number of fused-ring (bicyclic) bond motifs is 1. The highest BCUT2D eigenvalue weighted by atomic mass is 16.3. The first-order valence-corrected chi connectivity index (χ1v) is 10.6. The van der Waals surface area contributed by atoms with Crippen LogP contribution in [0, 0.1) is 6.92 Å². The molecule has 0 unspecified atom stereocenters. The van der Waals surface area contributed by atoms with E-state index >= 15 is 0 Å².